The van der Waals surface area contributed by atoms with E-state index in [1.807, 2.05) is 20.8 Å². The van der Waals surface area contributed by atoms with E-state index < -0.39 is 16.8 Å². The van der Waals surface area contributed by atoms with E-state index in [1.165, 1.54) is 4.80 Å². The van der Waals surface area contributed by atoms with Gasteiger partial charge in [-0.1, -0.05) is 85.0 Å². The van der Waals surface area contributed by atoms with Gasteiger partial charge in [0.05, 0.1) is 53.1 Å². The van der Waals surface area contributed by atoms with Crippen molar-refractivity contribution in [2.75, 3.05) is 5.33 Å². The highest BCUT2D eigenvalue weighted by molar-refractivity contribution is 9.09. The molecule has 524 valence electrons. The van der Waals surface area contributed by atoms with Gasteiger partial charge >= 0.3 is 0 Å². The Bertz CT molecular complexity index is 3020. The SMILES string of the molecule is C.C.C.C[C@@]1(O)CC[C@@]2(C)[C@@H](CC[C@H]3[C@@H]4CC[C@H](C(=O)CBr)[C@@]4(C)CC(=O)[C@@H]32)C1.C[C@@]1(O)CC[C@@]2(C)[C@@H](CC[C@H]3[C@@H]4CC[C@H](C(=O)Cn5ccnn5)[C@@]4(C)CC(=O)[C@@H]32)C1.C[C@@]1(O)CC[C@@]2(C)[C@@H](CC[C@H]3[C@@H]4CC[C@H](C(=O)Cn5nccn5)[C@@]4(C)CC(=O)[C@@H]32)C1.c1cn[nH]n1. The van der Waals surface area contributed by atoms with Crippen LogP contribution in [-0.2, 0) is 41.9 Å². The molecule has 18 nitrogen and oxygen atoms in total. The molecule has 0 unspecified atom stereocenters. The van der Waals surface area contributed by atoms with Gasteiger partial charge in [0.25, 0.3) is 0 Å². The molecule has 0 saturated heterocycles. The third kappa shape index (κ3) is 13.0. The zero-order valence-electron chi connectivity index (χ0n) is 56.0. The Hall–Kier alpha value is -4.20. The van der Waals surface area contributed by atoms with E-state index in [0.717, 1.165) is 135 Å². The lowest BCUT2D eigenvalue weighted by Gasteiger charge is -2.60. The minimum absolute atomic E-state index is 0. The molecule has 0 radical (unpaired) electrons. The highest BCUT2D eigenvalue weighted by Gasteiger charge is 2.68. The van der Waals surface area contributed by atoms with Crippen molar-refractivity contribution in [3.63, 3.8) is 0 Å². The van der Waals surface area contributed by atoms with Gasteiger partial charge in [-0.25, -0.2) is 4.68 Å². The molecule has 4 N–H and O–H groups in total. The van der Waals surface area contributed by atoms with Crippen LogP contribution in [-0.4, -0.2) is 118 Å². The van der Waals surface area contributed by atoms with Crippen molar-refractivity contribution in [2.45, 2.75) is 269 Å². The largest absolute Gasteiger partial charge is 0.390 e. The van der Waals surface area contributed by atoms with Gasteiger partial charge in [0.15, 0.2) is 11.6 Å². The van der Waals surface area contributed by atoms with E-state index in [2.05, 4.69) is 93.4 Å². The van der Waals surface area contributed by atoms with Crippen molar-refractivity contribution >= 4 is 50.6 Å². The molecule has 24 atom stereocenters. The topological polar surface area (TPSA) is 266 Å². The molecule has 3 heterocycles. The maximum Gasteiger partial charge on any atom is 0.159 e. The molecule has 0 amide bonds. The van der Waals surface area contributed by atoms with Gasteiger partial charge in [-0.2, -0.15) is 30.4 Å². The molecule has 12 fully saturated rings. The smallest absolute Gasteiger partial charge is 0.159 e. The van der Waals surface area contributed by atoms with E-state index in [0.29, 0.717) is 95.2 Å². The minimum Gasteiger partial charge on any atom is -0.390 e. The monoisotopic (exact) mass is 1370 g/mol. The summed E-state index contributed by atoms with van der Waals surface area (Å²) in [5, 5.41) is 57.6. The number of carbonyl (C=O) groups is 6. The number of aliphatic hydroxyl groups is 3. The number of nitrogens with zero attached hydrogens (tertiary/aromatic N) is 8. The summed E-state index contributed by atoms with van der Waals surface area (Å²) in [6, 6.07) is 0. The van der Waals surface area contributed by atoms with Crippen LogP contribution in [0.3, 0.4) is 0 Å². The number of hydrogen-bond donors (Lipinski definition) is 4. The number of aromatic nitrogens is 9. The number of hydrogen-bond acceptors (Lipinski definition) is 15. The molecule has 0 spiro atoms. The fraction of sp³-hybridized carbons (Fsp3) is 0.840. The fourth-order valence-corrected chi connectivity index (χ4v) is 25.1. The third-order valence-electron chi connectivity index (χ3n) is 29.1. The molecule has 12 aliphatic carbocycles. The first kappa shape index (κ1) is 74.0. The second kappa shape index (κ2) is 27.1. The van der Waals surface area contributed by atoms with E-state index >= 15 is 0 Å². The molecule has 12 saturated carbocycles. The maximum atomic E-state index is 13.7. The summed E-state index contributed by atoms with van der Waals surface area (Å²) in [5.41, 5.74) is -2.27. The predicted octanol–water partition coefficient (Wildman–Crippen LogP) is 13.1. The quantitative estimate of drug-likeness (QED) is 0.153. The maximum absolute atomic E-state index is 13.7. The third-order valence-corrected chi connectivity index (χ3v) is 29.6. The zero-order valence-corrected chi connectivity index (χ0v) is 57.5. The first-order chi connectivity index (χ1) is 42.9. The zero-order chi connectivity index (χ0) is 65.1. The number of fused-ring (bicyclic) bond motifs is 15. The Balaban J connectivity index is 0.000000158. The molecule has 3 aromatic rings. The number of H-pyrrole nitrogens is 1. The van der Waals surface area contributed by atoms with Gasteiger partial charge in [0.2, 0.25) is 0 Å². The average molecular weight is 1370 g/mol. The number of carbonyl (C=O) groups excluding carboxylic acids is 6. The summed E-state index contributed by atoms with van der Waals surface area (Å²) in [7, 11) is 0. The van der Waals surface area contributed by atoms with Crippen molar-refractivity contribution in [1.29, 1.82) is 0 Å². The van der Waals surface area contributed by atoms with E-state index in [1.54, 1.807) is 41.9 Å². The lowest BCUT2D eigenvalue weighted by atomic mass is 9.43. The standard InChI is InChI=1S/2C24H35N3O3.C22H33BrO3.C2H3N3.3CH4/c1-22(30)8-9-23(2)15(12-22)4-5-16-17-6-7-18(20(29)14-27-11-10-25-26-27)24(17,3)13-19(28)21(16)23;1-22(30)8-9-23(2)15(12-22)4-5-16-17-6-7-18(20(29)14-27-25-10-11-26-27)24(17,3)13-19(28)21(16)23;1-20(26)8-9-21(2)13(10-20)4-5-14-15-6-7-16(18(25)12-23)22(15,3)11-17(24)19(14)21;1-2-4-5-3-1;;;/h2*10-11,15-18,21,30H,4-9,12-14H2,1-3H3;13-16,19,26H,4-12H2,1-3H3;1-2H,(H,3,4,5);3*1H4/t2*15-,16-,17-,18+,21+,22+,23-,24-;13-,14-,15-,16+,19+,20+,21-,22-;;;;/m000..../s1. The van der Waals surface area contributed by atoms with Crippen LogP contribution in [0.2, 0.25) is 0 Å². The summed E-state index contributed by atoms with van der Waals surface area (Å²) < 4.78 is 1.60. The van der Waals surface area contributed by atoms with Crippen molar-refractivity contribution in [2.24, 2.45) is 121 Å². The summed E-state index contributed by atoms with van der Waals surface area (Å²) in [6.45, 7) is 20.0. The van der Waals surface area contributed by atoms with Crippen molar-refractivity contribution in [3.05, 3.63) is 37.2 Å². The number of Topliss-reactive ketones (excluding diaryl/α,β-unsaturated/α-hetero) is 6. The lowest BCUT2D eigenvalue weighted by molar-refractivity contribution is -0.169. The van der Waals surface area contributed by atoms with Crippen LogP contribution >= 0.6 is 15.9 Å². The summed E-state index contributed by atoms with van der Waals surface area (Å²) in [6.07, 6.45) is 31.5. The Morgan fingerprint density at radius 3 is 1.14 bits per heavy atom. The fourth-order valence-electron chi connectivity index (χ4n) is 24.7. The molecule has 19 heteroatoms. The highest BCUT2D eigenvalue weighted by Crippen LogP contribution is 2.71. The van der Waals surface area contributed by atoms with Gasteiger partial charge in [-0.05, 0) is 241 Å². The molecule has 15 rings (SSSR count). The average Bonchev–Trinajstić information content (AvgIpc) is 1.47. The van der Waals surface area contributed by atoms with Gasteiger partial charge in [-0.3, -0.25) is 28.8 Å². The number of nitrogens with one attached hydrogen (secondary N) is 1. The van der Waals surface area contributed by atoms with E-state index in [9.17, 15) is 44.1 Å². The van der Waals surface area contributed by atoms with Crippen LogP contribution in [0.4, 0.5) is 0 Å². The molecular formula is C75H118BrN9O9. The summed E-state index contributed by atoms with van der Waals surface area (Å²) in [5.74, 6) is 6.07. The molecule has 94 heavy (non-hydrogen) atoms. The van der Waals surface area contributed by atoms with Gasteiger partial charge in [0, 0.05) is 61.0 Å². The predicted molar refractivity (Wildman–Crippen MR) is 364 cm³/mol. The molecule has 3 aromatic heterocycles. The van der Waals surface area contributed by atoms with Gasteiger partial charge in [0.1, 0.15) is 36.2 Å². The Kier molecular flexibility index (Phi) is 21.4. The van der Waals surface area contributed by atoms with Gasteiger partial charge < -0.3 is 15.3 Å². The summed E-state index contributed by atoms with van der Waals surface area (Å²) in [4.78, 5) is 81.1. The first-order valence-corrected chi connectivity index (χ1v) is 36.4. The molecule has 0 aliphatic heterocycles. The van der Waals surface area contributed by atoms with Crippen LogP contribution in [0.5, 0.6) is 0 Å². The molecule has 0 bridgehead atoms. The van der Waals surface area contributed by atoms with Crippen molar-refractivity contribution in [3.8, 4) is 0 Å². The molecule has 0 aromatic carbocycles. The van der Waals surface area contributed by atoms with Gasteiger partial charge in [-0.15, -0.1) is 5.10 Å². The second-order valence-electron chi connectivity index (χ2n) is 34.4. The van der Waals surface area contributed by atoms with Crippen LogP contribution < -0.4 is 0 Å². The Morgan fingerprint density at radius 1 is 0.468 bits per heavy atom. The normalized spacial score (nSPS) is 45.9. The minimum atomic E-state index is -0.589. The van der Waals surface area contributed by atoms with Crippen LogP contribution in [0.15, 0.2) is 37.2 Å². The number of alkyl halides is 1. The second-order valence-corrected chi connectivity index (χ2v) is 34.9. The number of halogens is 1. The van der Waals surface area contributed by atoms with Crippen LogP contribution in [0.1, 0.15) is 239 Å². The van der Waals surface area contributed by atoms with Crippen LogP contribution in [0, 0.1) is 121 Å². The lowest BCUT2D eigenvalue weighted by Crippen LogP contribution is -2.59. The molecular weight excluding hydrogens is 1250 g/mol. The Labute approximate surface area is 569 Å². The number of aromatic amines is 1. The highest BCUT2D eigenvalue weighted by atomic mass is 79.9. The van der Waals surface area contributed by atoms with Crippen molar-refractivity contribution in [1.82, 2.24) is 45.4 Å². The molecule has 12 aliphatic rings. The van der Waals surface area contributed by atoms with E-state index in [4.69, 9.17) is 0 Å². The number of ketones is 6. The van der Waals surface area contributed by atoms with E-state index in [-0.39, 0.29) is 121 Å². The van der Waals surface area contributed by atoms with Crippen molar-refractivity contribution < 1.29 is 44.1 Å². The first-order valence-electron chi connectivity index (χ1n) is 35.3. The van der Waals surface area contributed by atoms with Crippen LogP contribution in [0.25, 0.3) is 0 Å². The Morgan fingerprint density at radius 2 is 0.819 bits per heavy atom. The summed E-state index contributed by atoms with van der Waals surface area (Å²) >= 11 is 3.36. The number of rotatable bonds is 8.